The highest BCUT2D eigenvalue weighted by molar-refractivity contribution is 5.40. The fourth-order valence-corrected chi connectivity index (χ4v) is 1.82. The van der Waals surface area contributed by atoms with Gasteiger partial charge in [-0.25, -0.2) is 4.39 Å². The van der Waals surface area contributed by atoms with Crippen LogP contribution in [0.1, 0.15) is 11.1 Å². The lowest BCUT2D eigenvalue weighted by atomic mass is 10.1. The SMILES string of the molecule is Cc1cccc(Oc2c(F)cccc2CCN)c1. The van der Waals surface area contributed by atoms with Crippen LogP contribution in [-0.4, -0.2) is 6.54 Å². The van der Waals surface area contributed by atoms with Gasteiger partial charge in [-0.1, -0.05) is 24.3 Å². The van der Waals surface area contributed by atoms with E-state index in [4.69, 9.17) is 10.5 Å². The molecule has 3 heteroatoms. The maximum atomic E-state index is 13.8. The zero-order valence-electron chi connectivity index (χ0n) is 10.3. The summed E-state index contributed by atoms with van der Waals surface area (Å²) in [5, 5.41) is 0. The van der Waals surface area contributed by atoms with Crippen LogP contribution in [-0.2, 0) is 6.42 Å². The normalized spacial score (nSPS) is 10.4. The topological polar surface area (TPSA) is 35.2 Å². The molecule has 2 nitrogen and oxygen atoms in total. The van der Waals surface area contributed by atoms with Crippen molar-refractivity contribution in [1.82, 2.24) is 0 Å². The van der Waals surface area contributed by atoms with Gasteiger partial charge in [0.15, 0.2) is 11.6 Å². The lowest BCUT2D eigenvalue weighted by Crippen LogP contribution is -2.05. The fourth-order valence-electron chi connectivity index (χ4n) is 1.82. The van der Waals surface area contributed by atoms with Crippen LogP contribution in [0.3, 0.4) is 0 Å². The molecule has 2 aromatic rings. The van der Waals surface area contributed by atoms with Crippen molar-refractivity contribution in [3.8, 4) is 11.5 Å². The number of nitrogens with two attached hydrogens (primary N) is 1. The van der Waals surface area contributed by atoms with Crippen molar-refractivity contribution in [3.63, 3.8) is 0 Å². The Morgan fingerprint density at radius 2 is 1.94 bits per heavy atom. The van der Waals surface area contributed by atoms with E-state index < -0.39 is 0 Å². The molecule has 0 atom stereocenters. The molecule has 0 unspecified atom stereocenters. The molecular weight excluding hydrogens is 229 g/mol. The van der Waals surface area contributed by atoms with Gasteiger partial charge in [-0.05, 0) is 49.2 Å². The molecule has 94 valence electrons. The van der Waals surface area contributed by atoms with Gasteiger partial charge < -0.3 is 10.5 Å². The largest absolute Gasteiger partial charge is 0.454 e. The first-order chi connectivity index (χ1) is 8.70. The minimum absolute atomic E-state index is 0.272. The van der Waals surface area contributed by atoms with E-state index in [0.717, 1.165) is 11.1 Å². The Balaban J connectivity index is 2.33. The second kappa shape index (κ2) is 5.65. The summed E-state index contributed by atoms with van der Waals surface area (Å²) in [6.07, 6.45) is 0.596. The third-order valence-electron chi connectivity index (χ3n) is 2.67. The van der Waals surface area contributed by atoms with Crippen LogP contribution in [0.15, 0.2) is 42.5 Å². The molecule has 0 saturated carbocycles. The first-order valence-electron chi connectivity index (χ1n) is 5.92. The summed E-state index contributed by atoms with van der Waals surface area (Å²) in [4.78, 5) is 0. The summed E-state index contributed by atoms with van der Waals surface area (Å²) >= 11 is 0. The maximum absolute atomic E-state index is 13.8. The number of hydrogen-bond acceptors (Lipinski definition) is 2. The van der Waals surface area contributed by atoms with Gasteiger partial charge in [-0.15, -0.1) is 0 Å². The van der Waals surface area contributed by atoms with Crippen molar-refractivity contribution >= 4 is 0 Å². The lowest BCUT2D eigenvalue weighted by Gasteiger charge is -2.12. The highest BCUT2D eigenvalue weighted by atomic mass is 19.1. The van der Waals surface area contributed by atoms with Gasteiger partial charge in [-0.2, -0.15) is 0 Å². The van der Waals surface area contributed by atoms with Gasteiger partial charge in [0.2, 0.25) is 0 Å². The number of rotatable bonds is 4. The molecule has 0 amide bonds. The van der Waals surface area contributed by atoms with Crippen LogP contribution in [0.5, 0.6) is 11.5 Å². The van der Waals surface area contributed by atoms with Crippen molar-refractivity contribution in [2.24, 2.45) is 5.73 Å². The van der Waals surface area contributed by atoms with Crippen molar-refractivity contribution in [2.45, 2.75) is 13.3 Å². The Morgan fingerprint density at radius 1 is 1.17 bits per heavy atom. The molecule has 0 aromatic heterocycles. The average molecular weight is 245 g/mol. The molecule has 0 radical (unpaired) electrons. The second-order valence-electron chi connectivity index (χ2n) is 4.19. The summed E-state index contributed by atoms with van der Waals surface area (Å²) in [5.74, 6) is 0.550. The Kier molecular flexibility index (Phi) is 3.95. The van der Waals surface area contributed by atoms with Crippen LogP contribution in [0.4, 0.5) is 4.39 Å². The number of halogens is 1. The molecule has 0 bridgehead atoms. The third kappa shape index (κ3) is 2.87. The molecule has 0 heterocycles. The van der Waals surface area contributed by atoms with E-state index in [2.05, 4.69) is 0 Å². The summed E-state index contributed by atoms with van der Waals surface area (Å²) < 4.78 is 19.4. The second-order valence-corrected chi connectivity index (χ2v) is 4.19. The zero-order chi connectivity index (χ0) is 13.0. The van der Waals surface area contributed by atoms with E-state index in [-0.39, 0.29) is 11.6 Å². The highest BCUT2D eigenvalue weighted by Gasteiger charge is 2.10. The van der Waals surface area contributed by atoms with E-state index in [0.29, 0.717) is 18.7 Å². The Hall–Kier alpha value is -1.87. The number of benzene rings is 2. The van der Waals surface area contributed by atoms with E-state index in [1.54, 1.807) is 6.07 Å². The van der Waals surface area contributed by atoms with Crippen molar-refractivity contribution < 1.29 is 9.13 Å². The highest BCUT2D eigenvalue weighted by Crippen LogP contribution is 2.29. The predicted molar refractivity (Wildman–Crippen MR) is 70.4 cm³/mol. The van der Waals surface area contributed by atoms with E-state index in [1.807, 2.05) is 37.3 Å². The van der Waals surface area contributed by atoms with Crippen LogP contribution < -0.4 is 10.5 Å². The van der Waals surface area contributed by atoms with Gasteiger partial charge in [0.25, 0.3) is 0 Å². The Labute approximate surface area is 106 Å². The first kappa shape index (κ1) is 12.6. The van der Waals surface area contributed by atoms with Gasteiger partial charge in [0, 0.05) is 0 Å². The van der Waals surface area contributed by atoms with Crippen LogP contribution >= 0.6 is 0 Å². The summed E-state index contributed by atoms with van der Waals surface area (Å²) in [6.45, 7) is 2.43. The summed E-state index contributed by atoms with van der Waals surface area (Å²) in [7, 11) is 0. The van der Waals surface area contributed by atoms with Crippen LogP contribution in [0, 0.1) is 12.7 Å². The third-order valence-corrected chi connectivity index (χ3v) is 2.67. The Bertz CT molecular complexity index is 540. The zero-order valence-corrected chi connectivity index (χ0v) is 10.3. The standard InChI is InChI=1S/C15H16FNO/c1-11-4-2-6-13(10-11)18-15-12(8-9-17)5-3-7-14(15)16/h2-7,10H,8-9,17H2,1H3. The molecule has 0 saturated heterocycles. The molecule has 0 fully saturated rings. The molecule has 2 N–H and O–H groups in total. The van der Waals surface area contributed by atoms with E-state index in [9.17, 15) is 4.39 Å². The number of ether oxygens (including phenoxy) is 1. The van der Waals surface area contributed by atoms with E-state index >= 15 is 0 Å². The quantitative estimate of drug-likeness (QED) is 0.895. The maximum Gasteiger partial charge on any atom is 0.166 e. The predicted octanol–water partition coefficient (Wildman–Crippen LogP) is 3.43. The molecule has 2 rings (SSSR count). The molecule has 0 spiro atoms. The van der Waals surface area contributed by atoms with E-state index in [1.165, 1.54) is 6.07 Å². The van der Waals surface area contributed by atoms with Gasteiger partial charge in [0.05, 0.1) is 0 Å². The minimum atomic E-state index is -0.359. The molecule has 2 aromatic carbocycles. The molecular formula is C15H16FNO. The van der Waals surface area contributed by atoms with Gasteiger partial charge in [0.1, 0.15) is 5.75 Å². The summed E-state index contributed by atoms with van der Waals surface area (Å²) in [5.41, 5.74) is 7.38. The number of para-hydroxylation sites is 1. The monoisotopic (exact) mass is 245 g/mol. The fraction of sp³-hybridized carbons (Fsp3) is 0.200. The summed E-state index contributed by atoms with van der Waals surface area (Å²) in [6, 6.07) is 12.4. The number of hydrogen-bond donors (Lipinski definition) is 1. The van der Waals surface area contributed by atoms with Crippen molar-refractivity contribution in [3.05, 3.63) is 59.4 Å². The smallest absolute Gasteiger partial charge is 0.166 e. The van der Waals surface area contributed by atoms with Crippen molar-refractivity contribution in [2.75, 3.05) is 6.54 Å². The molecule has 0 aliphatic carbocycles. The molecule has 0 aliphatic heterocycles. The minimum Gasteiger partial charge on any atom is -0.454 e. The molecule has 0 aliphatic rings. The van der Waals surface area contributed by atoms with Gasteiger partial charge >= 0.3 is 0 Å². The average Bonchev–Trinajstić information content (AvgIpc) is 2.34. The Morgan fingerprint density at radius 3 is 2.67 bits per heavy atom. The molecule has 18 heavy (non-hydrogen) atoms. The number of aryl methyl sites for hydroxylation is 1. The van der Waals surface area contributed by atoms with Crippen LogP contribution in [0.25, 0.3) is 0 Å². The van der Waals surface area contributed by atoms with Crippen molar-refractivity contribution in [1.29, 1.82) is 0 Å². The van der Waals surface area contributed by atoms with Crippen LogP contribution in [0.2, 0.25) is 0 Å². The van der Waals surface area contributed by atoms with Gasteiger partial charge in [-0.3, -0.25) is 0 Å². The lowest BCUT2D eigenvalue weighted by molar-refractivity contribution is 0.436. The first-order valence-corrected chi connectivity index (χ1v) is 5.92.